The zero-order valence-corrected chi connectivity index (χ0v) is 19.9. The van der Waals surface area contributed by atoms with Gasteiger partial charge in [-0.2, -0.15) is 0 Å². The van der Waals surface area contributed by atoms with Crippen LogP contribution in [0.4, 0.5) is 11.4 Å². The molecule has 4 aromatic rings. The molecule has 1 aromatic heterocycles. The second kappa shape index (κ2) is 9.79. The average Bonchev–Trinajstić information content (AvgIpc) is 3.28. The minimum absolute atomic E-state index is 0.0471. The number of carbonyl (C=O) groups is 2. The normalized spacial score (nSPS) is 15.1. The Morgan fingerprint density at radius 2 is 1.82 bits per heavy atom. The second-order valence-corrected chi connectivity index (χ2v) is 8.90. The first-order chi connectivity index (χ1) is 18.3. The van der Waals surface area contributed by atoms with Gasteiger partial charge < -0.3 is 26.2 Å². The van der Waals surface area contributed by atoms with E-state index < -0.39 is 35.1 Å². The molecule has 38 heavy (non-hydrogen) atoms. The number of anilines is 1. The Labute approximate surface area is 214 Å². The zero-order chi connectivity index (χ0) is 27.0. The fourth-order valence-electron chi connectivity index (χ4n) is 4.55. The number of benzene rings is 3. The SMILES string of the molecule is Nc1ccc2[nH]c(=O)n(-c3ccc(CC(NC(=O)C4=Nc5ccccc5C4CO)C(=O)O)cc3)c(=O)c2c1. The van der Waals surface area contributed by atoms with Crippen LogP contribution in [0.5, 0.6) is 0 Å². The first kappa shape index (κ1) is 24.7. The number of carbonyl (C=O) groups excluding carboxylic acids is 1. The third-order valence-corrected chi connectivity index (χ3v) is 6.46. The number of hydrogen-bond donors (Lipinski definition) is 5. The molecule has 1 amide bonds. The molecule has 1 aliphatic rings. The first-order valence-electron chi connectivity index (χ1n) is 11.7. The van der Waals surface area contributed by atoms with Gasteiger partial charge in [0, 0.05) is 12.1 Å². The maximum atomic E-state index is 13.0. The van der Waals surface area contributed by atoms with E-state index >= 15 is 0 Å². The van der Waals surface area contributed by atoms with Crippen LogP contribution in [0, 0.1) is 0 Å². The Morgan fingerprint density at radius 1 is 1.08 bits per heavy atom. The van der Waals surface area contributed by atoms with Crippen molar-refractivity contribution in [1.82, 2.24) is 14.9 Å². The molecule has 2 unspecified atom stereocenters. The van der Waals surface area contributed by atoms with Gasteiger partial charge in [0.2, 0.25) is 0 Å². The molecular weight excluding hydrogens is 490 g/mol. The number of nitrogens with two attached hydrogens (primary N) is 1. The molecule has 3 aromatic carbocycles. The number of para-hydroxylation sites is 1. The Balaban J connectivity index is 1.37. The number of aliphatic carboxylic acids is 1. The number of rotatable bonds is 7. The van der Waals surface area contributed by atoms with Crippen LogP contribution < -0.4 is 22.3 Å². The van der Waals surface area contributed by atoms with E-state index in [2.05, 4.69) is 15.3 Å². The van der Waals surface area contributed by atoms with Crippen molar-refractivity contribution < 1.29 is 19.8 Å². The summed E-state index contributed by atoms with van der Waals surface area (Å²) in [5.41, 5.74) is 7.48. The number of nitrogens with one attached hydrogen (secondary N) is 2. The third-order valence-electron chi connectivity index (χ3n) is 6.46. The predicted molar refractivity (Wildman–Crippen MR) is 141 cm³/mol. The lowest BCUT2D eigenvalue weighted by molar-refractivity contribution is -0.141. The molecule has 2 heterocycles. The summed E-state index contributed by atoms with van der Waals surface area (Å²) in [6.45, 7) is -0.345. The first-order valence-corrected chi connectivity index (χ1v) is 11.7. The summed E-state index contributed by atoms with van der Waals surface area (Å²) in [5.74, 6) is -2.58. The van der Waals surface area contributed by atoms with Crippen LogP contribution in [0.3, 0.4) is 0 Å². The van der Waals surface area contributed by atoms with Crippen LogP contribution in [0.25, 0.3) is 16.6 Å². The Morgan fingerprint density at radius 3 is 2.53 bits per heavy atom. The van der Waals surface area contributed by atoms with E-state index in [9.17, 15) is 29.4 Å². The highest BCUT2D eigenvalue weighted by atomic mass is 16.4. The average molecular weight is 514 g/mol. The molecule has 0 saturated heterocycles. The van der Waals surface area contributed by atoms with Gasteiger partial charge in [-0.25, -0.2) is 19.1 Å². The van der Waals surface area contributed by atoms with Crippen molar-refractivity contribution in [2.24, 2.45) is 4.99 Å². The van der Waals surface area contributed by atoms with Crippen LogP contribution >= 0.6 is 0 Å². The number of aliphatic hydroxyl groups is 1. The standard InChI is InChI=1S/C27H23N5O6/c28-15-7-10-21-18(12-15)25(35)32(27(38)31-21)16-8-5-14(6-9-16)11-22(26(36)37)30-24(34)23-19(13-33)17-3-1-2-4-20(17)29-23/h1-10,12,19,22,33H,11,13,28H2,(H,30,34)(H,31,38)(H,36,37). The monoisotopic (exact) mass is 513 g/mol. The number of aromatic amines is 1. The van der Waals surface area contributed by atoms with Crippen LogP contribution in [-0.4, -0.2) is 50.0 Å². The fraction of sp³-hybridized carbons (Fsp3) is 0.148. The van der Waals surface area contributed by atoms with Crippen LogP contribution in [0.1, 0.15) is 17.0 Å². The van der Waals surface area contributed by atoms with E-state index in [0.29, 0.717) is 28.0 Å². The van der Waals surface area contributed by atoms with E-state index in [1.807, 2.05) is 0 Å². The smallest absolute Gasteiger partial charge is 0.333 e. The Hall–Kier alpha value is -5.03. The van der Waals surface area contributed by atoms with Gasteiger partial charge in [0.1, 0.15) is 11.8 Å². The zero-order valence-electron chi connectivity index (χ0n) is 19.9. The van der Waals surface area contributed by atoms with Gasteiger partial charge >= 0.3 is 11.7 Å². The summed E-state index contributed by atoms with van der Waals surface area (Å²) in [4.78, 5) is 57.4. The van der Waals surface area contributed by atoms with Gasteiger partial charge in [0.05, 0.1) is 34.8 Å². The van der Waals surface area contributed by atoms with Crippen LogP contribution in [0.2, 0.25) is 0 Å². The van der Waals surface area contributed by atoms with Crippen molar-refractivity contribution in [2.75, 3.05) is 12.3 Å². The summed E-state index contributed by atoms with van der Waals surface area (Å²) in [6, 6.07) is 16.5. The lowest BCUT2D eigenvalue weighted by Crippen LogP contribution is -2.46. The lowest BCUT2D eigenvalue weighted by atomic mass is 9.96. The van der Waals surface area contributed by atoms with Gasteiger partial charge in [-0.05, 0) is 47.5 Å². The molecule has 0 fully saturated rings. The minimum atomic E-state index is -1.28. The summed E-state index contributed by atoms with van der Waals surface area (Å²) in [7, 11) is 0. The predicted octanol–water partition coefficient (Wildman–Crippen LogP) is 1.24. The highest BCUT2D eigenvalue weighted by molar-refractivity contribution is 6.43. The maximum absolute atomic E-state index is 13.0. The molecule has 0 radical (unpaired) electrons. The number of nitrogen functional groups attached to an aromatic ring is 1. The summed E-state index contributed by atoms with van der Waals surface area (Å²) in [5, 5.41) is 22.3. The Kier molecular flexibility index (Phi) is 6.35. The molecule has 11 nitrogen and oxygen atoms in total. The van der Waals surface area contributed by atoms with E-state index in [1.165, 1.54) is 18.2 Å². The molecule has 0 aliphatic carbocycles. The molecule has 0 saturated carbocycles. The minimum Gasteiger partial charge on any atom is -0.480 e. The largest absolute Gasteiger partial charge is 0.480 e. The van der Waals surface area contributed by atoms with E-state index in [1.54, 1.807) is 48.5 Å². The van der Waals surface area contributed by atoms with Gasteiger partial charge in [-0.1, -0.05) is 30.3 Å². The summed E-state index contributed by atoms with van der Waals surface area (Å²) < 4.78 is 0.965. The topological polar surface area (TPSA) is 180 Å². The number of aliphatic imine (C=N–C) groups is 1. The van der Waals surface area contributed by atoms with Gasteiger partial charge in [-0.15, -0.1) is 0 Å². The highest BCUT2D eigenvalue weighted by Crippen LogP contribution is 2.35. The quantitative estimate of drug-likeness (QED) is 0.231. The van der Waals surface area contributed by atoms with Gasteiger partial charge in [0.25, 0.3) is 11.5 Å². The number of hydrogen-bond acceptors (Lipinski definition) is 7. The van der Waals surface area contributed by atoms with Crippen molar-refractivity contribution in [3.63, 3.8) is 0 Å². The van der Waals surface area contributed by atoms with Crippen LogP contribution in [0.15, 0.2) is 81.3 Å². The number of aromatic nitrogens is 2. The molecule has 2 atom stereocenters. The van der Waals surface area contributed by atoms with Crippen molar-refractivity contribution in [2.45, 2.75) is 18.4 Å². The number of H-pyrrole nitrogens is 1. The Bertz CT molecular complexity index is 1720. The van der Waals surface area contributed by atoms with E-state index in [0.717, 1.165) is 4.57 Å². The molecular formula is C27H23N5O6. The molecule has 0 bridgehead atoms. The highest BCUT2D eigenvalue weighted by Gasteiger charge is 2.33. The van der Waals surface area contributed by atoms with Crippen molar-refractivity contribution >= 4 is 39.9 Å². The second-order valence-electron chi connectivity index (χ2n) is 8.90. The molecule has 1 aliphatic heterocycles. The number of amides is 1. The van der Waals surface area contributed by atoms with Crippen molar-refractivity contribution in [1.29, 1.82) is 0 Å². The number of aliphatic hydroxyl groups excluding tert-OH is 1. The summed E-state index contributed by atoms with van der Waals surface area (Å²) in [6.07, 6.45) is -0.0646. The summed E-state index contributed by atoms with van der Waals surface area (Å²) >= 11 is 0. The van der Waals surface area contributed by atoms with Gasteiger partial charge in [0.15, 0.2) is 0 Å². The van der Waals surface area contributed by atoms with Crippen molar-refractivity contribution in [3.05, 3.63) is 98.7 Å². The number of nitrogens with zero attached hydrogens (tertiary/aromatic N) is 2. The molecule has 11 heteroatoms. The van der Waals surface area contributed by atoms with E-state index in [-0.39, 0.29) is 29.8 Å². The maximum Gasteiger partial charge on any atom is 0.333 e. The number of carboxylic acid groups (broad SMARTS) is 1. The molecule has 0 spiro atoms. The van der Waals surface area contributed by atoms with Crippen molar-refractivity contribution in [3.8, 4) is 5.69 Å². The number of carboxylic acids is 1. The number of fused-ring (bicyclic) bond motifs is 2. The fourth-order valence-corrected chi connectivity index (χ4v) is 4.55. The third kappa shape index (κ3) is 4.46. The van der Waals surface area contributed by atoms with E-state index in [4.69, 9.17) is 5.73 Å². The molecule has 6 N–H and O–H groups in total. The van der Waals surface area contributed by atoms with Gasteiger partial charge in [-0.3, -0.25) is 9.59 Å². The molecule has 5 rings (SSSR count). The van der Waals surface area contributed by atoms with Crippen LogP contribution in [-0.2, 0) is 16.0 Å². The molecule has 192 valence electrons. The lowest BCUT2D eigenvalue weighted by Gasteiger charge is -2.17.